The van der Waals surface area contributed by atoms with Crippen LogP contribution in [0.5, 0.6) is 11.5 Å². The van der Waals surface area contributed by atoms with Crippen LogP contribution < -0.4 is 4.74 Å². The zero-order chi connectivity index (χ0) is 14.7. The Labute approximate surface area is 128 Å². The summed E-state index contributed by atoms with van der Waals surface area (Å²) in [6.07, 6.45) is 0. The van der Waals surface area contributed by atoms with E-state index in [4.69, 9.17) is 10.00 Å². The predicted octanol–water partition coefficient (Wildman–Crippen LogP) is 5.17. The Morgan fingerprint density at radius 2 is 1.75 bits per heavy atom. The second-order valence-corrected chi connectivity index (χ2v) is 5.46. The molecule has 0 aliphatic heterocycles. The van der Waals surface area contributed by atoms with Crippen LogP contribution in [-0.4, -0.2) is 0 Å². The summed E-state index contributed by atoms with van der Waals surface area (Å²) in [6, 6.07) is 12.0. The summed E-state index contributed by atoms with van der Waals surface area (Å²) < 4.78 is 6.08. The molecule has 0 fully saturated rings. The van der Waals surface area contributed by atoms with Gasteiger partial charge < -0.3 is 4.74 Å². The van der Waals surface area contributed by atoms with Crippen molar-refractivity contribution in [1.29, 1.82) is 5.26 Å². The number of benzene rings is 2. The van der Waals surface area contributed by atoms with E-state index in [1.807, 2.05) is 38.1 Å². The smallest absolute Gasteiger partial charge is 0.133 e. The van der Waals surface area contributed by atoms with E-state index in [2.05, 4.69) is 35.0 Å². The van der Waals surface area contributed by atoms with Crippen LogP contribution in [0.15, 0.2) is 30.3 Å². The van der Waals surface area contributed by atoms with Crippen LogP contribution in [-0.2, 0) is 5.33 Å². The second kappa shape index (κ2) is 6.11. The minimum Gasteiger partial charge on any atom is -0.456 e. The van der Waals surface area contributed by atoms with Gasteiger partial charge in [0, 0.05) is 10.9 Å². The minimum atomic E-state index is 0.664. The third kappa shape index (κ3) is 3.02. The molecule has 0 heterocycles. The molecule has 0 aromatic heterocycles. The van der Waals surface area contributed by atoms with E-state index < -0.39 is 0 Å². The summed E-state index contributed by atoms with van der Waals surface area (Å²) in [7, 11) is 0. The van der Waals surface area contributed by atoms with Crippen molar-refractivity contribution < 1.29 is 4.74 Å². The molecule has 2 rings (SSSR count). The zero-order valence-electron chi connectivity index (χ0n) is 11.8. The topological polar surface area (TPSA) is 33.0 Å². The van der Waals surface area contributed by atoms with Gasteiger partial charge in [0.25, 0.3) is 0 Å². The van der Waals surface area contributed by atoms with Crippen LogP contribution in [0, 0.1) is 32.1 Å². The molecule has 0 radical (unpaired) electrons. The van der Waals surface area contributed by atoms with Gasteiger partial charge in [-0.15, -0.1) is 0 Å². The van der Waals surface area contributed by atoms with Crippen molar-refractivity contribution in [3.8, 4) is 17.6 Å². The second-order valence-electron chi connectivity index (χ2n) is 4.90. The highest BCUT2D eigenvalue weighted by atomic mass is 79.9. The summed E-state index contributed by atoms with van der Waals surface area (Å²) >= 11 is 3.49. The quantitative estimate of drug-likeness (QED) is 0.727. The van der Waals surface area contributed by atoms with E-state index >= 15 is 0 Å². The lowest BCUT2D eigenvalue weighted by Gasteiger charge is -2.15. The molecule has 2 nitrogen and oxygen atoms in total. The molecule has 0 saturated carbocycles. The fraction of sp³-hybridized carbons (Fsp3) is 0.235. The first-order chi connectivity index (χ1) is 9.55. The molecule has 102 valence electrons. The molecule has 2 aromatic rings. The number of rotatable bonds is 3. The first kappa shape index (κ1) is 14.6. The number of nitrogens with zero attached hydrogens (tertiary/aromatic N) is 1. The van der Waals surface area contributed by atoms with Crippen molar-refractivity contribution in [3.63, 3.8) is 0 Å². The molecule has 0 N–H and O–H groups in total. The van der Waals surface area contributed by atoms with Crippen LogP contribution in [0.25, 0.3) is 0 Å². The van der Waals surface area contributed by atoms with E-state index in [-0.39, 0.29) is 0 Å². The highest BCUT2D eigenvalue weighted by molar-refractivity contribution is 9.08. The molecule has 0 atom stereocenters. The Kier molecular flexibility index (Phi) is 4.46. The molecule has 20 heavy (non-hydrogen) atoms. The van der Waals surface area contributed by atoms with Crippen molar-refractivity contribution in [1.82, 2.24) is 0 Å². The number of nitriles is 1. The van der Waals surface area contributed by atoms with Gasteiger partial charge in [-0.3, -0.25) is 0 Å². The van der Waals surface area contributed by atoms with Crippen LogP contribution in [0.3, 0.4) is 0 Å². The first-order valence-corrected chi connectivity index (χ1v) is 7.52. The van der Waals surface area contributed by atoms with E-state index in [1.165, 1.54) is 5.56 Å². The summed E-state index contributed by atoms with van der Waals surface area (Å²) in [5, 5.41) is 9.73. The normalized spacial score (nSPS) is 10.2. The van der Waals surface area contributed by atoms with Gasteiger partial charge in [0.05, 0.1) is 11.6 Å². The van der Waals surface area contributed by atoms with Crippen molar-refractivity contribution in [2.24, 2.45) is 0 Å². The average Bonchev–Trinajstić information content (AvgIpc) is 2.43. The zero-order valence-corrected chi connectivity index (χ0v) is 13.4. The molecule has 0 spiro atoms. The number of alkyl halides is 1. The molecule has 3 heteroatoms. The largest absolute Gasteiger partial charge is 0.456 e. The first-order valence-electron chi connectivity index (χ1n) is 6.40. The molecule has 0 amide bonds. The number of aryl methyl sites for hydroxylation is 3. The Hall–Kier alpha value is -1.79. The van der Waals surface area contributed by atoms with Crippen molar-refractivity contribution in [3.05, 3.63) is 58.1 Å². The molecule has 2 aromatic carbocycles. The maximum atomic E-state index is 8.98. The van der Waals surface area contributed by atoms with E-state index in [0.29, 0.717) is 5.56 Å². The monoisotopic (exact) mass is 329 g/mol. The lowest BCUT2D eigenvalue weighted by Crippen LogP contribution is -1.95. The van der Waals surface area contributed by atoms with Crippen LogP contribution in [0.4, 0.5) is 0 Å². The molecule has 0 aliphatic rings. The molecule has 0 bridgehead atoms. The summed E-state index contributed by atoms with van der Waals surface area (Å²) in [4.78, 5) is 0. The predicted molar refractivity (Wildman–Crippen MR) is 84.5 cm³/mol. The Morgan fingerprint density at radius 3 is 2.30 bits per heavy atom. The number of hydrogen-bond donors (Lipinski definition) is 0. The van der Waals surface area contributed by atoms with E-state index in [1.54, 1.807) is 0 Å². The van der Waals surface area contributed by atoms with E-state index in [0.717, 1.165) is 33.5 Å². The van der Waals surface area contributed by atoms with Gasteiger partial charge in [-0.25, -0.2) is 0 Å². The Bertz CT molecular complexity index is 663. The third-order valence-corrected chi connectivity index (χ3v) is 3.77. The number of hydrogen-bond acceptors (Lipinski definition) is 2. The lowest BCUT2D eigenvalue weighted by molar-refractivity contribution is 0.471. The average molecular weight is 330 g/mol. The third-order valence-electron chi connectivity index (χ3n) is 3.16. The van der Waals surface area contributed by atoms with Gasteiger partial charge in [0.15, 0.2) is 0 Å². The fourth-order valence-electron chi connectivity index (χ4n) is 2.20. The minimum absolute atomic E-state index is 0.664. The van der Waals surface area contributed by atoms with Gasteiger partial charge in [0.1, 0.15) is 11.5 Å². The maximum absolute atomic E-state index is 8.98. The van der Waals surface area contributed by atoms with Crippen molar-refractivity contribution in [2.75, 3.05) is 0 Å². The number of ether oxygens (including phenoxy) is 1. The van der Waals surface area contributed by atoms with Gasteiger partial charge in [-0.1, -0.05) is 33.6 Å². The summed E-state index contributed by atoms with van der Waals surface area (Å²) in [6.45, 7) is 5.99. The van der Waals surface area contributed by atoms with Crippen molar-refractivity contribution in [2.45, 2.75) is 26.1 Å². The Balaban J connectivity index is 2.43. The van der Waals surface area contributed by atoms with Gasteiger partial charge in [0.2, 0.25) is 0 Å². The van der Waals surface area contributed by atoms with Gasteiger partial charge in [-0.2, -0.15) is 5.26 Å². The summed E-state index contributed by atoms with van der Waals surface area (Å²) in [5.74, 6) is 1.68. The van der Waals surface area contributed by atoms with Gasteiger partial charge >= 0.3 is 0 Å². The molecular formula is C17H16BrNO. The number of halogens is 1. The summed E-state index contributed by atoms with van der Waals surface area (Å²) in [5.41, 5.74) is 4.94. The molecule has 0 unspecified atom stereocenters. The highest BCUT2D eigenvalue weighted by Crippen LogP contribution is 2.32. The van der Waals surface area contributed by atoms with Crippen molar-refractivity contribution >= 4 is 15.9 Å². The highest BCUT2D eigenvalue weighted by Gasteiger charge is 2.10. The lowest BCUT2D eigenvalue weighted by atomic mass is 10.1. The molecule has 0 saturated heterocycles. The van der Waals surface area contributed by atoms with Crippen LogP contribution >= 0.6 is 15.9 Å². The maximum Gasteiger partial charge on any atom is 0.133 e. The fourth-order valence-corrected chi connectivity index (χ4v) is 2.64. The molecule has 0 aliphatic carbocycles. The molecular weight excluding hydrogens is 314 g/mol. The SMILES string of the molecule is Cc1ccc(Oc2c(C)cc(C#N)cc2C)c(CBr)c1. The van der Waals surface area contributed by atoms with Gasteiger partial charge in [-0.05, 0) is 50.1 Å². The van der Waals surface area contributed by atoms with Crippen LogP contribution in [0.1, 0.15) is 27.8 Å². The Morgan fingerprint density at radius 1 is 1.10 bits per heavy atom. The van der Waals surface area contributed by atoms with Crippen LogP contribution in [0.2, 0.25) is 0 Å². The standard InChI is InChI=1S/C17H16BrNO/c1-11-4-5-16(15(6-11)9-18)20-17-12(2)7-14(10-19)8-13(17)3/h4-8H,9H2,1-3H3. The van der Waals surface area contributed by atoms with E-state index in [9.17, 15) is 0 Å².